The third kappa shape index (κ3) is 3.86. The molecule has 8 heteroatoms. The van der Waals surface area contributed by atoms with Crippen molar-refractivity contribution < 1.29 is 14.3 Å². The number of thiophene rings is 1. The number of hydrogen-bond donors (Lipinski definition) is 2. The molecule has 1 aromatic carbocycles. The van der Waals surface area contributed by atoms with Gasteiger partial charge in [0.15, 0.2) is 5.11 Å². The topological polar surface area (TPSA) is 59.6 Å². The van der Waals surface area contributed by atoms with Crippen molar-refractivity contribution in [1.29, 1.82) is 0 Å². The molecule has 0 aliphatic rings. The summed E-state index contributed by atoms with van der Waals surface area (Å²) in [5.74, 6) is 0.384. The average molecular weight is 359 g/mol. The molecular formula is C14H15ClN2O3S2. The number of thiocarbonyl (C=S) groups is 1. The predicted molar refractivity (Wildman–Crippen MR) is 93.3 cm³/mol. The number of ether oxygens (including phenoxy) is 2. The van der Waals surface area contributed by atoms with Crippen LogP contribution in [0.15, 0.2) is 18.2 Å². The zero-order valence-corrected chi connectivity index (χ0v) is 14.5. The van der Waals surface area contributed by atoms with Crippen LogP contribution < -0.4 is 15.4 Å². The molecule has 0 spiro atoms. The van der Waals surface area contributed by atoms with Crippen molar-refractivity contribution in [2.45, 2.75) is 0 Å². The number of amides is 1. The Morgan fingerprint density at radius 3 is 2.86 bits per heavy atom. The van der Waals surface area contributed by atoms with E-state index in [1.54, 1.807) is 20.3 Å². The zero-order chi connectivity index (χ0) is 16.1. The van der Waals surface area contributed by atoms with Gasteiger partial charge in [0.25, 0.3) is 5.91 Å². The van der Waals surface area contributed by atoms with Crippen LogP contribution in [-0.2, 0) is 4.74 Å². The van der Waals surface area contributed by atoms with Gasteiger partial charge in [0.1, 0.15) is 10.6 Å². The van der Waals surface area contributed by atoms with Crippen LogP contribution in [0.1, 0.15) is 9.67 Å². The van der Waals surface area contributed by atoms with E-state index < -0.39 is 0 Å². The quantitative estimate of drug-likeness (QED) is 0.635. The van der Waals surface area contributed by atoms with Gasteiger partial charge in [-0.15, -0.1) is 11.3 Å². The van der Waals surface area contributed by atoms with E-state index in [1.165, 1.54) is 11.3 Å². The van der Waals surface area contributed by atoms with E-state index in [0.717, 1.165) is 10.1 Å². The maximum Gasteiger partial charge on any atom is 0.269 e. The Morgan fingerprint density at radius 2 is 2.18 bits per heavy atom. The Morgan fingerprint density at radius 1 is 1.41 bits per heavy atom. The van der Waals surface area contributed by atoms with Crippen LogP contribution in [0.25, 0.3) is 10.1 Å². The number of carbonyl (C=O) groups excluding carboxylic acids is 1. The van der Waals surface area contributed by atoms with Crippen molar-refractivity contribution in [1.82, 2.24) is 10.6 Å². The monoisotopic (exact) mass is 358 g/mol. The van der Waals surface area contributed by atoms with Crippen molar-refractivity contribution in [3.05, 3.63) is 28.1 Å². The third-order valence-corrected chi connectivity index (χ3v) is 4.76. The van der Waals surface area contributed by atoms with Gasteiger partial charge in [-0.1, -0.05) is 11.6 Å². The first kappa shape index (κ1) is 17.0. The molecule has 0 aliphatic heterocycles. The third-order valence-electron chi connectivity index (χ3n) is 2.86. The molecule has 1 aromatic heterocycles. The highest BCUT2D eigenvalue weighted by atomic mass is 35.5. The number of methoxy groups -OCH3 is 2. The Balaban J connectivity index is 2.14. The molecule has 2 rings (SSSR count). The van der Waals surface area contributed by atoms with Crippen molar-refractivity contribution in [2.75, 3.05) is 27.4 Å². The van der Waals surface area contributed by atoms with E-state index in [4.69, 9.17) is 33.3 Å². The maximum absolute atomic E-state index is 12.3. The summed E-state index contributed by atoms with van der Waals surface area (Å²) < 4.78 is 11.0. The molecule has 0 atom stereocenters. The van der Waals surface area contributed by atoms with Crippen LogP contribution in [0.3, 0.4) is 0 Å². The Kier molecular flexibility index (Phi) is 5.96. The van der Waals surface area contributed by atoms with Gasteiger partial charge >= 0.3 is 0 Å². The van der Waals surface area contributed by atoms with Gasteiger partial charge in [-0.2, -0.15) is 0 Å². The second-order valence-corrected chi connectivity index (χ2v) is 6.15. The lowest BCUT2D eigenvalue weighted by atomic mass is 10.2. The predicted octanol–water partition coefficient (Wildman–Crippen LogP) is 2.81. The summed E-state index contributed by atoms with van der Waals surface area (Å²) in [6, 6.07) is 5.48. The van der Waals surface area contributed by atoms with Gasteiger partial charge in [0, 0.05) is 23.7 Å². The standard InChI is InChI=1S/C14H15ClN2O3S2/c1-19-6-5-16-14(21)17-13(18)12-11(15)9-4-3-8(20-2)7-10(9)22-12/h3-4,7H,5-6H2,1-2H3,(H2,16,17,18,21). The molecule has 0 bridgehead atoms. The molecule has 2 N–H and O–H groups in total. The van der Waals surface area contributed by atoms with Crippen molar-refractivity contribution >= 4 is 56.3 Å². The molecule has 1 heterocycles. The molecule has 1 amide bonds. The Labute approximate surface area is 142 Å². The Bertz CT molecular complexity index is 703. The molecule has 0 radical (unpaired) electrons. The fraction of sp³-hybridized carbons (Fsp3) is 0.286. The number of hydrogen-bond acceptors (Lipinski definition) is 5. The minimum atomic E-state index is -0.333. The molecule has 0 fully saturated rings. The average Bonchev–Trinajstić information content (AvgIpc) is 2.84. The summed E-state index contributed by atoms with van der Waals surface area (Å²) in [7, 11) is 3.18. The smallest absolute Gasteiger partial charge is 0.269 e. The molecule has 0 saturated carbocycles. The van der Waals surface area contributed by atoms with Crippen molar-refractivity contribution in [3.63, 3.8) is 0 Å². The number of halogens is 1. The highest BCUT2D eigenvalue weighted by Crippen LogP contribution is 2.37. The van der Waals surface area contributed by atoms with E-state index in [-0.39, 0.29) is 11.0 Å². The minimum absolute atomic E-state index is 0.244. The highest BCUT2D eigenvalue weighted by molar-refractivity contribution is 7.80. The van der Waals surface area contributed by atoms with E-state index in [9.17, 15) is 4.79 Å². The van der Waals surface area contributed by atoms with E-state index in [1.807, 2.05) is 12.1 Å². The maximum atomic E-state index is 12.3. The van der Waals surface area contributed by atoms with Gasteiger partial charge in [-0.25, -0.2) is 0 Å². The van der Waals surface area contributed by atoms with Crippen LogP contribution in [0.4, 0.5) is 0 Å². The summed E-state index contributed by atoms with van der Waals surface area (Å²) >= 11 is 12.6. The molecule has 0 unspecified atom stereocenters. The first-order chi connectivity index (χ1) is 10.6. The molecule has 2 aromatic rings. The summed E-state index contributed by atoms with van der Waals surface area (Å²) in [4.78, 5) is 12.7. The number of rotatable bonds is 5. The van der Waals surface area contributed by atoms with Crippen LogP contribution in [0.5, 0.6) is 5.75 Å². The molecule has 5 nitrogen and oxygen atoms in total. The minimum Gasteiger partial charge on any atom is -0.497 e. The first-order valence-electron chi connectivity index (χ1n) is 6.41. The lowest BCUT2D eigenvalue weighted by molar-refractivity contribution is 0.0980. The lowest BCUT2D eigenvalue weighted by Crippen LogP contribution is -2.40. The second-order valence-electron chi connectivity index (χ2n) is 4.31. The fourth-order valence-corrected chi connectivity index (χ4v) is 3.42. The first-order valence-corrected chi connectivity index (χ1v) is 8.01. The van der Waals surface area contributed by atoms with Gasteiger partial charge in [-0.3, -0.25) is 10.1 Å². The normalized spacial score (nSPS) is 10.5. The largest absolute Gasteiger partial charge is 0.497 e. The van der Waals surface area contributed by atoms with Gasteiger partial charge in [0.05, 0.1) is 18.7 Å². The van der Waals surface area contributed by atoms with Gasteiger partial charge in [-0.05, 0) is 30.4 Å². The second kappa shape index (κ2) is 7.73. The van der Waals surface area contributed by atoms with E-state index in [2.05, 4.69) is 10.6 Å². The van der Waals surface area contributed by atoms with E-state index >= 15 is 0 Å². The van der Waals surface area contributed by atoms with E-state index in [0.29, 0.717) is 28.8 Å². The van der Waals surface area contributed by atoms with Crippen molar-refractivity contribution in [2.24, 2.45) is 0 Å². The number of carbonyl (C=O) groups is 1. The molecule has 0 saturated heterocycles. The molecule has 22 heavy (non-hydrogen) atoms. The summed E-state index contributed by atoms with van der Waals surface area (Å²) in [5.41, 5.74) is 0. The van der Waals surface area contributed by atoms with Crippen LogP contribution >= 0.6 is 35.2 Å². The molecule has 0 aliphatic carbocycles. The van der Waals surface area contributed by atoms with Crippen molar-refractivity contribution in [3.8, 4) is 5.75 Å². The molecule has 118 valence electrons. The van der Waals surface area contributed by atoms with Gasteiger partial charge in [0.2, 0.25) is 0 Å². The van der Waals surface area contributed by atoms with Crippen LogP contribution in [0, 0.1) is 0 Å². The number of nitrogens with one attached hydrogen (secondary N) is 2. The summed E-state index contributed by atoms with van der Waals surface area (Å²) in [5, 5.41) is 6.95. The summed E-state index contributed by atoms with van der Waals surface area (Å²) in [6.45, 7) is 1.02. The number of benzene rings is 1. The van der Waals surface area contributed by atoms with Gasteiger partial charge < -0.3 is 14.8 Å². The number of fused-ring (bicyclic) bond motifs is 1. The lowest BCUT2D eigenvalue weighted by Gasteiger charge is -2.08. The van der Waals surface area contributed by atoms with Crippen LogP contribution in [0.2, 0.25) is 5.02 Å². The van der Waals surface area contributed by atoms with Crippen LogP contribution in [-0.4, -0.2) is 38.4 Å². The highest BCUT2D eigenvalue weighted by Gasteiger charge is 2.18. The SMILES string of the molecule is COCCNC(=S)NC(=O)c1sc2cc(OC)ccc2c1Cl. The Hall–Kier alpha value is -1.41. The zero-order valence-electron chi connectivity index (χ0n) is 12.1. The molecular weight excluding hydrogens is 344 g/mol. The fourth-order valence-electron chi connectivity index (χ4n) is 1.79. The summed E-state index contributed by atoms with van der Waals surface area (Å²) in [6.07, 6.45) is 0.